The van der Waals surface area contributed by atoms with E-state index in [1.165, 1.54) is 6.26 Å². The van der Waals surface area contributed by atoms with Crippen molar-refractivity contribution >= 4 is 11.0 Å². The van der Waals surface area contributed by atoms with Gasteiger partial charge in [0.1, 0.15) is 11.7 Å². The molecular formula is C15H10F3NO2. The minimum atomic E-state index is -4.56. The molecule has 0 bridgehead atoms. The van der Waals surface area contributed by atoms with Gasteiger partial charge < -0.3 is 9.52 Å². The highest BCUT2D eigenvalue weighted by molar-refractivity contribution is 5.81. The van der Waals surface area contributed by atoms with Gasteiger partial charge >= 0.3 is 6.18 Å². The second-order valence-corrected chi connectivity index (χ2v) is 4.55. The van der Waals surface area contributed by atoms with E-state index in [2.05, 4.69) is 4.98 Å². The van der Waals surface area contributed by atoms with Crippen LogP contribution in [0.3, 0.4) is 0 Å². The number of hydrogen-bond acceptors (Lipinski definition) is 3. The van der Waals surface area contributed by atoms with Gasteiger partial charge in [0.25, 0.3) is 0 Å². The molecule has 3 rings (SSSR count). The monoisotopic (exact) mass is 293 g/mol. The van der Waals surface area contributed by atoms with Crippen molar-refractivity contribution in [2.24, 2.45) is 0 Å². The number of pyridine rings is 1. The lowest BCUT2D eigenvalue weighted by atomic mass is 9.98. The number of para-hydroxylation sites is 1. The minimum Gasteiger partial charge on any atom is -0.464 e. The van der Waals surface area contributed by atoms with Crippen LogP contribution < -0.4 is 0 Å². The zero-order valence-corrected chi connectivity index (χ0v) is 10.6. The fraction of sp³-hybridized carbons (Fsp3) is 0.133. The maximum atomic E-state index is 13.0. The summed E-state index contributed by atoms with van der Waals surface area (Å²) in [6.45, 7) is 0. The Labute approximate surface area is 117 Å². The fourth-order valence-corrected chi connectivity index (χ4v) is 2.26. The second-order valence-electron chi connectivity index (χ2n) is 4.55. The van der Waals surface area contributed by atoms with Gasteiger partial charge in [-0.3, -0.25) is 4.98 Å². The molecule has 0 saturated heterocycles. The average Bonchev–Trinajstić information content (AvgIpc) is 2.89. The predicted molar refractivity (Wildman–Crippen MR) is 69.5 cm³/mol. The quantitative estimate of drug-likeness (QED) is 0.778. The van der Waals surface area contributed by atoms with E-state index in [0.29, 0.717) is 11.0 Å². The first-order valence-electron chi connectivity index (χ1n) is 6.14. The van der Waals surface area contributed by atoms with Crippen molar-refractivity contribution in [3.05, 3.63) is 65.7 Å². The maximum absolute atomic E-state index is 13.0. The Kier molecular flexibility index (Phi) is 3.17. The Morgan fingerprint density at radius 2 is 1.86 bits per heavy atom. The van der Waals surface area contributed by atoms with E-state index in [-0.39, 0.29) is 11.1 Å². The molecular weight excluding hydrogens is 283 g/mol. The minimum absolute atomic E-state index is 0.282. The molecule has 0 aliphatic heterocycles. The lowest BCUT2D eigenvalue weighted by Crippen LogP contribution is -2.13. The van der Waals surface area contributed by atoms with Crippen LogP contribution in [0.15, 0.2) is 53.4 Å². The highest BCUT2D eigenvalue weighted by atomic mass is 19.4. The van der Waals surface area contributed by atoms with Crippen molar-refractivity contribution < 1.29 is 22.7 Å². The molecule has 2 aromatic heterocycles. The number of benzene rings is 1. The van der Waals surface area contributed by atoms with Crippen molar-refractivity contribution in [2.45, 2.75) is 12.3 Å². The molecule has 3 aromatic rings. The molecule has 0 spiro atoms. The first-order valence-corrected chi connectivity index (χ1v) is 6.14. The number of hydrogen-bond donors (Lipinski definition) is 1. The van der Waals surface area contributed by atoms with Gasteiger partial charge in [0, 0.05) is 28.9 Å². The molecule has 0 aliphatic rings. The van der Waals surface area contributed by atoms with E-state index in [1.54, 1.807) is 24.3 Å². The Morgan fingerprint density at radius 3 is 2.62 bits per heavy atom. The largest absolute Gasteiger partial charge is 0.464 e. The zero-order chi connectivity index (χ0) is 15.0. The van der Waals surface area contributed by atoms with E-state index in [0.717, 1.165) is 18.5 Å². The topological polar surface area (TPSA) is 46.3 Å². The van der Waals surface area contributed by atoms with Crippen LogP contribution in [-0.2, 0) is 6.18 Å². The van der Waals surface area contributed by atoms with E-state index in [9.17, 15) is 18.3 Å². The molecule has 1 unspecified atom stereocenters. The number of alkyl halides is 3. The third-order valence-electron chi connectivity index (χ3n) is 3.26. The highest BCUT2D eigenvalue weighted by Gasteiger charge is 2.35. The summed E-state index contributed by atoms with van der Waals surface area (Å²) in [6, 6.07) is 7.68. The van der Waals surface area contributed by atoms with E-state index >= 15 is 0 Å². The Morgan fingerprint density at radius 1 is 1.10 bits per heavy atom. The lowest BCUT2D eigenvalue weighted by Gasteiger charge is -2.16. The summed E-state index contributed by atoms with van der Waals surface area (Å²) in [4.78, 5) is 3.68. The number of furan rings is 1. The van der Waals surface area contributed by atoms with Crippen molar-refractivity contribution in [1.29, 1.82) is 0 Å². The van der Waals surface area contributed by atoms with Gasteiger partial charge in [0.2, 0.25) is 0 Å². The number of fused-ring (bicyclic) bond motifs is 1. The number of halogens is 3. The summed E-state index contributed by atoms with van der Waals surface area (Å²) < 4.78 is 44.3. The molecule has 21 heavy (non-hydrogen) atoms. The number of nitrogens with zero attached hydrogens (tertiary/aromatic N) is 1. The Hall–Kier alpha value is -2.34. The smallest absolute Gasteiger partial charge is 0.416 e. The van der Waals surface area contributed by atoms with Gasteiger partial charge in [-0.25, -0.2) is 0 Å². The summed E-state index contributed by atoms with van der Waals surface area (Å²) in [5, 5.41) is 10.9. The molecule has 0 radical (unpaired) electrons. The molecule has 2 heterocycles. The Bertz CT molecular complexity index is 780. The highest BCUT2D eigenvalue weighted by Crippen LogP contribution is 2.38. The molecule has 1 aromatic carbocycles. The van der Waals surface area contributed by atoms with Crippen molar-refractivity contribution in [3.63, 3.8) is 0 Å². The Balaban J connectivity index is 2.13. The lowest BCUT2D eigenvalue weighted by molar-refractivity contribution is -0.139. The summed E-state index contributed by atoms with van der Waals surface area (Å²) in [6.07, 6.45) is -2.68. The van der Waals surface area contributed by atoms with Crippen LogP contribution in [0.4, 0.5) is 13.2 Å². The third-order valence-corrected chi connectivity index (χ3v) is 3.26. The predicted octanol–water partition coefficient (Wildman–Crippen LogP) is 3.93. The summed E-state index contributed by atoms with van der Waals surface area (Å²) in [7, 11) is 0. The van der Waals surface area contributed by atoms with Gasteiger partial charge in [-0.15, -0.1) is 0 Å². The molecule has 0 amide bonds. The van der Waals surface area contributed by atoms with Crippen molar-refractivity contribution in [2.75, 3.05) is 0 Å². The van der Waals surface area contributed by atoms with Crippen LogP contribution in [-0.4, -0.2) is 10.1 Å². The summed E-state index contributed by atoms with van der Waals surface area (Å²) in [5.74, 6) is 0. The van der Waals surface area contributed by atoms with Gasteiger partial charge in [-0.2, -0.15) is 13.2 Å². The van der Waals surface area contributed by atoms with Gasteiger partial charge in [0.15, 0.2) is 0 Å². The molecule has 1 atom stereocenters. The van der Waals surface area contributed by atoms with Crippen molar-refractivity contribution in [1.82, 2.24) is 4.98 Å². The van der Waals surface area contributed by atoms with E-state index in [1.807, 2.05) is 0 Å². The number of aliphatic hydroxyl groups excluding tert-OH is 1. The molecule has 108 valence electrons. The summed E-state index contributed by atoms with van der Waals surface area (Å²) >= 11 is 0. The van der Waals surface area contributed by atoms with Crippen molar-refractivity contribution in [3.8, 4) is 0 Å². The van der Waals surface area contributed by atoms with Crippen LogP contribution in [0.5, 0.6) is 0 Å². The molecule has 0 aliphatic carbocycles. The van der Waals surface area contributed by atoms with Gasteiger partial charge in [0.05, 0.1) is 11.8 Å². The van der Waals surface area contributed by atoms with Crippen LogP contribution in [0, 0.1) is 0 Å². The standard InChI is InChI=1S/C15H10F3NO2/c16-15(17,18)12-5-6-19-7-10(12)14(20)11-8-21-13-4-2-1-3-9(11)13/h1-8,14,20H. The molecule has 3 nitrogen and oxygen atoms in total. The number of aromatic nitrogens is 1. The molecule has 6 heteroatoms. The van der Waals surface area contributed by atoms with Crippen LogP contribution in [0.2, 0.25) is 0 Å². The zero-order valence-electron chi connectivity index (χ0n) is 10.6. The van der Waals surface area contributed by atoms with Crippen LogP contribution in [0.25, 0.3) is 11.0 Å². The molecule has 0 saturated carbocycles. The third kappa shape index (κ3) is 2.38. The average molecular weight is 293 g/mol. The first-order chi connectivity index (χ1) is 9.98. The van der Waals surface area contributed by atoms with E-state index in [4.69, 9.17) is 4.42 Å². The van der Waals surface area contributed by atoms with Gasteiger partial charge in [-0.05, 0) is 12.1 Å². The van der Waals surface area contributed by atoms with E-state index < -0.39 is 17.8 Å². The molecule has 0 fully saturated rings. The SMILES string of the molecule is OC(c1cnccc1C(F)(F)F)c1coc2ccccc12. The normalized spacial score (nSPS) is 13.5. The van der Waals surface area contributed by atoms with Gasteiger partial charge in [-0.1, -0.05) is 18.2 Å². The first kappa shape index (κ1) is 13.6. The molecule has 1 N–H and O–H groups in total. The summed E-state index contributed by atoms with van der Waals surface area (Å²) in [5.41, 5.74) is -0.417. The van der Waals surface area contributed by atoms with Crippen LogP contribution >= 0.6 is 0 Å². The number of rotatable bonds is 2. The maximum Gasteiger partial charge on any atom is 0.416 e. The van der Waals surface area contributed by atoms with Crippen LogP contribution in [0.1, 0.15) is 22.8 Å². The fourth-order valence-electron chi connectivity index (χ4n) is 2.26. The number of aliphatic hydroxyl groups is 1. The second kappa shape index (κ2) is 4.89.